The van der Waals surface area contributed by atoms with Gasteiger partial charge >= 0.3 is 0 Å². The molecule has 1 aliphatic heterocycles. The second-order valence-electron chi connectivity index (χ2n) is 2.38. The number of aliphatic imine (C=N–C) groups is 1. The second kappa shape index (κ2) is 3.48. The summed E-state index contributed by atoms with van der Waals surface area (Å²) in [6.07, 6.45) is 2.62. The molecule has 0 amide bonds. The summed E-state index contributed by atoms with van der Waals surface area (Å²) < 4.78 is 3.87. The molecule has 64 valence electrons. The molecule has 0 saturated heterocycles. The van der Waals surface area contributed by atoms with Gasteiger partial charge in [-0.15, -0.1) is 0 Å². The van der Waals surface area contributed by atoms with E-state index in [1.807, 2.05) is 0 Å². The van der Waals surface area contributed by atoms with Crippen molar-refractivity contribution in [3.63, 3.8) is 0 Å². The highest BCUT2D eigenvalue weighted by molar-refractivity contribution is 7.09. The van der Waals surface area contributed by atoms with Crippen molar-refractivity contribution in [1.29, 1.82) is 0 Å². The van der Waals surface area contributed by atoms with Crippen molar-refractivity contribution < 1.29 is 0 Å². The van der Waals surface area contributed by atoms with Gasteiger partial charge in [-0.05, 0) is 6.42 Å². The zero-order valence-electron chi connectivity index (χ0n) is 6.45. The summed E-state index contributed by atoms with van der Waals surface area (Å²) in [5, 5.41) is 6.96. The Kier molecular flexibility index (Phi) is 2.17. The van der Waals surface area contributed by atoms with Gasteiger partial charge in [0.15, 0.2) is 5.96 Å². The van der Waals surface area contributed by atoms with Crippen LogP contribution in [0, 0.1) is 0 Å². The molecule has 0 radical (unpaired) electrons. The molecule has 1 aromatic heterocycles. The summed E-state index contributed by atoms with van der Waals surface area (Å²) >= 11 is 1.32. The number of rotatable bonds is 1. The fourth-order valence-electron chi connectivity index (χ4n) is 0.946. The summed E-state index contributed by atoms with van der Waals surface area (Å²) in [5.74, 6) is 0.804. The third kappa shape index (κ3) is 1.70. The van der Waals surface area contributed by atoms with Gasteiger partial charge in [-0.1, -0.05) is 0 Å². The summed E-state index contributed by atoms with van der Waals surface area (Å²) in [5.41, 5.74) is 0. The fourth-order valence-corrected chi connectivity index (χ4v) is 1.38. The van der Waals surface area contributed by atoms with Crippen LogP contribution >= 0.6 is 11.5 Å². The molecule has 0 aromatic carbocycles. The van der Waals surface area contributed by atoms with Crippen molar-refractivity contribution in [2.24, 2.45) is 4.99 Å². The number of guanidine groups is 1. The lowest BCUT2D eigenvalue weighted by atomic mass is 10.4. The minimum atomic E-state index is 0.781. The second-order valence-corrected chi connectivity index (χ2v) is 3.16. The Morgan fingerprint density at radius 3 is 3.25 bits per heavy atom. The summed E-state index contributed by atoms with van der Waals surface area (Å²) in [7, 11) is 0. The van der Waals surface area contributed by atoms with Gasteiger partial charge in [-0.3, -0.25) is 4.99 Å². The van der Waals surface area contributed by atoms with Gasteiger partial charge in [0.25, 0.3) is 0 Å². The van der Waals surface area contributed by atoms with Crippen LogP contribution in [0.25, 0.3) is 0 Å². The molecular weight excluding hydrogens is 174 g/mol. The predicted octanol–water partition coefficient (Wildman–Crippen LogP) is 0.299. The van der Waals surface area contributed by atoms with E-state index >= 15 is 0 Å². The van der Waals surface area contributed by atoms with Crippen LogP contribution in [0.3, 0.4) is 0 Å². The number of anilines is 1. The normalized spacial score (nSPS) is 16.5. The Morgan fingerprint density at radius 2 is 2.58 bits per heavy atom. The Morgan fingerprint density at radius 1 is 1.58 bits per heavy atom. The van der Waals surface area contributed by atoms with Crippen molar-refractivity contribution in [3.8, 4) is 0 Å². The van der Waals surface area contributed by atoms with E-state index in [4.69, 9.17) is 0 Å². The maximum atomic E-state index is 4.24. The minimum absolute atomic E-state index is 0.781. The Labute approximate surface area is 74.1 Å². The molecule has 0 aliphatic carbocycles. The highest BCUT2D eigenvalue weighted by Crippen LogP contribution is 2.06. The van der Waals surface area contributed by atoms with Gasteiger partial charge in [0.2, 0.25) is 5.13 Å². The van der Waals surface area contributed by atoms with Crippen LogP contribution in [0.15, 0.2) is 11.3 Å². The van der Waals surface area contributed by atoms with E-state index in [2.05, 4.69) is 25.0 Å². The molecule has 5 nitrogen and oxygen atoms in total. The lowest BCUT2D eigenvalue weighted by Crippen LogP contribution is -2.35. The maximum absolute atomic E-state index is 4.24. The molecule has 1 aliphatic rings. The van der Waals surface area contributed by atoms with Gasteiger partial charge in [0.1, 0.15) is 6.33 Å². The van der Waals surface area contributed by atoms with Gasteiger partial charge in [0, 0.05) is 24.6 Å². The monoisotopic (exact) mass is 183 g/mol. The first-order valence-electron chi connectivity index (χ1n) is 3.77. The standard InChI is InChI=1S/C6H9N5S/c1-2-7-5(8-3-1)11-6-9-4-10-12-6/h4H,1-3H2,(H2,7,8,9,10,11). The quantitative estimate of drug-likeness (QED) is 0.657. The highest BCUT2D eigenvalue weighted by Gasteiger charge is 2.04. The first-order valence-corrected chi connectivity index (χ1v) is 4.54. The predicted molar refractivity (Wildman–Crippen MR) is 48.5 cm³/mol. The van der Waals surface area contributed by atoms with Crippen LogP contribution in [0.1, 0.15) is 6.42 Å². The number of hydrogen-bond acceptors (Lipinski definition) is 6. The third-order valence-electron chi connectivity index (χ3n) is 1.48. The zero-order valence-corrected chi connectivity index (χ0v) is 7.27. The molecule has 2 rings (SSSR count). The molecule has 2 N–H and O–H groups in total. The molecule has 0 bridgehead atoms. The lowest BCUT2D eigenvalue weighted by molar-refractivity contribution is 0.740. The Hall–Kier alpha value is -1.17. The molecule has 0 atom stereocenters. The average Bonchev–Trinajstić information content (AvgIpc) is 2.59. The topological polar surface area (TPSA) is 62.2 Å². The largest absolute Gasteiger partial charge is 0.356 e. The van der Waals surface area contributed by atoms with E-state index in [-0.39, 0.29) is 0 Å². The molecule has 1 aromatic rings. The minimum Gasteiger partial charge on any atom is -0.356 e. The van der Waals surface area contributed by atoms with Crippen LogP contribution < -0.4 is 10.6 Å². The molecule has 12 heavy (non-hydrogen) atoms. The number of nitrogens with zero attached hydrogens (tertiary/aromatic N) is 3. The first kappa shape index (κ1) is 7.48. The van der Waals surface area contributed by atoms with Gasteiger partial charge < -0.3 is 10.6 Å². The van der Waals surface area contributed by atoms with Crippen LogP contribution in [-0.2, 0) is 0 Å². The van der Waals surface area contributed by atoms with E-state index in [0.717, 1.165) is 30.6 Å². The summed E-state index contributed by atoms with van der Waals surface area (Å²) in [6, 6.07) is 0. The molecular formula is C6H9N5S. The zero-order chi connectivity index (χ0) is 8.23. The van der Waals surface area contributed by atoms with E-state index in [9.17, 15) is 0 Å². The molecule has 2 heterocycles. The van der Waals surface area contributed by atoms with Crippen molar-refractivity contribution >= 4 is 22.6 Å². The molecule has 0 unspecified atom stereocenters. The van der Waals surface area contributed by atoms with E-state index in [0.29, 0.717) is 0 Å². The Balaban J connectivity index is 1.98. The van der Waals surface area contributed by atoms with Crippen LogP contribution in [0.4, 0.5) is 5.13 Å². The molecule has 6 heteroatoms. The van der Waals surface area contributed by atoms with E-state index < -0.39 is 0 Å². The number of nitrogens with one attached hydrogen (secondary N) is 2. The van der Waals surface area contributed by atoms with Crippen molar-refractivity contribution in [2.75, 3.05) is 18.4 Å². The van der Waals surface area contributed by atoms with Crippen LogP contribution in [0.5, 0.6) is 0 Å². The van der Waals surface area contributed by atoms with Gasteiger partial charge in [0.05, 0.1) is 0 Å². The summed E-state index contributed by atoms with van der Waals surface area (Å²) in [6.45, 7) is 1.86. The van der Waals surface area contributed by atoms with E-state index in [1.54, 1.807) is 0 Å². The first-order chi connectivity index (χ1) is 5.95. The smallest absolute Gasteiger partial charge is 0.209 e. The molecule has 0 spiro atoms. The Bertz CT molecular complexity index is 267. The highest BCUT2D eigenvalue weighted by atomic mass is 32.1. The number of aromatic nitrogens is 2. The van der Waals surface area contributed by atoms with Crippen molar-refractivity contribution in [2.45, 2.75) is 6.42 Å². The average molecular weight is 183 g/mol. The van der Waals surface area contributed by atoms with Crippen LogP contribution in [-0.4, -0.2) is 28.4 Å². The van der Waals surface area contributed by atoms with Gasteiger partial charge in [-0.2, -0.15) is 4.37 Å². The molecule has 0 fully saturated rings. The van der Waals surface area contributed by atoms with Gasteiger partial charge in [-0.25, -0.2) is 4.98 Å². The maximum Gasteiger partial charge on any atom is 0.209 e. The van der Waals surface area contributed by atoms with Crippen LogP contribution in [0.2, 0.25) is 0 Å². The molecule has 0 saturated carbocycles. The number of hydrogen-bond donors (Lipinski definition) is 2. The summed E-state index contributed by atoms with van der Waals surface area (Å²) in [4.78, 5) is 8.22. The van der Waals surface area contributed by atoms with Crippen molar-refractivity contribution in [1.82, 2.24) is 14.7 Å². The fraction of sp³-hybridized carbons (Fsp3) is 0.500. The third-order valence-corrected chi connectivity index (χ3v) is 2.06. The SMILES string of the molecule is c1nsc(NC2=NCCCN2)n1. The van der Waals surface area contributed by atoms with E-state index in [1.165, 1.54) is 17.9 Å². The lowest BCUT2D eigenvalue weighted by Gasteiger charge is -2.13. The van der Waals surface area contributed by atoms with Crippen molar-refractivity contribution in [3.05, 3.63) is 6.33 Å².